The van der Waals surface area contributed by atoms with Crippen LogP contribution in [0.15, 0.2) is 12.4 Å². The molecule has 2 rings (SSSR count). The van der Waals surface area contributed by atoms with Crippen molar-refractivity contribution in [3.63, 3.8) is 0 Å². The molecule has 0 spiro atoms. The first-order valence-corrected chi connectivity index (χ1v) is 5.88. The molecular weight excluding hydrogens is 202 g/mol. The summed E-state index contributed by atoms with van der Waals surface area (Å²) in [4.78, 5) is 8.65. The standard InChI is InChI=1S/C12H19N3O/c1-9-12(14-6-5-13-9)10(2)15-11-3-7-16-8-4-11/h5-6,10-11,15H,3-4,7-8H2,1-2H3. The molecule has 4 nitrogen and oxygen atoms in total. The Morgan fingerprint density at radius 1 is 1.31 bits per heavy atom. The Morgan fingerprint density at radius 3 is 2.69 bits per heavy atom. The molecule has 1 aromatic heterocycles. The SMILES string of the molecule is Cc1nccnc1C(C)NC1CCOCC1. The second kappa shape index (κ2) is 5.37. The zero-order valence-electron chi connectivity index (χ0n) is 9.94. The van der Waals surface area contributed by atoms with Gasteiger partial charge in [-0.15, -0.1) is 0 Å². The van der Waals surface area contributed by atoms with Crippen LogP contribution in [0.5, 0.6) is 0 Å². The Bertz CT molecular complexity index is 337. The summed E-state index contributed by atoms with van der Waals surface area (Å²) in [5.41, 5.74) is 2.06. The average Bonchev–Trinajstić information content (AvgIpc) is 2.31. The minimum atomic E-state index is 0.261. The van der Waals surface area contributed by atoms with Crippen molar-refractivity contribution in [2.75, 3.05) is 13.2 Å². The molecule has 1 unspecified atom stereocenters. The highest BCUT2D eigenvalue weighted by Gasteiger charge is 2.18. The van der Waals surface area contributed by atoms with Crippen LogP contribution in [-0.4, -0.2) is 29.2 Å². The predicted octanol–water partition coefficient (Wildman–Crippen LogP) is 1.61. The van der Waals surface area contributed by atoms with Gasteiger partial charge in [-0.3, -0.25) is 9.97 Å². The van der Waals surface area contributed by atoms with Crippen molar-refractivity contribution in [1.29, 1.82) is 0 Å². The Morgan fingerprint density at radius 2 is 2.00 bits per heavy atom. The lowest BCUT2D eigenvalue weighted by Gasteiger charge is -2.26. The summed E-state index contributed by atoms with van der Waals surface area (Å²) in [5.74, 6) is 0. The van der Waals surface area contributed by atoms with E-state index in [9.17, 15) is 0 Å². The molecule has 4 heteroatoms. The minimum absolute atomic E-state index is 0.261. The summed E-state index contributed by atoms with van der Waals surface area (Å²) in [6.07, 6.45) is 5.66. The number of hydrogen-bond donors (Lipinski definition) is 1. The van der Waals surface area contributed by atoms with Gasteiger partial charge in [0.1, 0.15) is 0 Å². The fourth-order valence-corrected chi connectivity index (χ4v) is 2.14. The van der Waals surface area contributed by atoms with Crippen molar-refractivity contribution < 1.29 is 4.74 Å². The smallest absolute Gasteiger partial charge is 0.0782 e. The van der Waals surface area contributed by atoms with Crippen molar-refractivity contribution in [1.82, 2.24) is 15.3 Å². The van der Waals surface area contributed by atoms with E-state index < -0.39 is 0 Å². The maximum absolute atomic E-state index is 5.34. The highest BCUT2D eigenvalue weighted by atomic mass is 16.5. The minimum Gasteiger partial charge on any atom is -0.381 e. The van der Waals surface area contributed by atoms with Gasteiger partial charge in [-0.05, 0) is 26.7 Å². The van der Waals surface area contributed by atoms with Gasteiger partial charge in [0.15, 0.2) is 0 Å². The second-order valence-electron chi connectivity index (χ2n) is 4.30. The molecule has 88 valence electrons. The molecule has 1 aliphatic rings. The molecular formula is C12H19N3O. The number of ether oxygens (including phenoxy) is 1. The molecule has 0 amide bonds. The van der Waals surface area contributed by atoms with Crippen LogP contribution < -0.4 is 5.32 Å². The third-order valence-corrected chi connectivity index (χ3v) is 3.04. The molecule has 1 aromatic rings. The number of nitrogens with one attached hydrogen (secondary N) is 1. The van der Waals surface area contributed by atoms with Gasteiger partial charge in [0.25, 0.3) is 0 Å². The van der Waals surface area contributed by atoms with Gasteiger partial charge in [0.05, 0.1) is 11.4 Å². The summed E-state index contributed by atoms with van der Waals surface area (Å²) >= 11 is 0. The number of nitrogens with zero attached hydrogens (tertiary/aromatic N) is 2. The van der Waals surface area contributed by atoms with Crippen LogP contribution in [0.2, 0.25) is 0 Å². The lowest BCUT2D eigenvalue weighted by molar-refractivity contribution is 0.0753. The summed E-state index contributed by atoms with van der Waals surface area (Å²) < 4.78 is 5.34. The molecule has 2 heterocycles. The van der Waals surface area contributed by atoms with Crippen molar-refractivity contribution in [3.8, 4) is 0 Å². The van der Waals surface area contributed by atoms with E-state index in [-0.39, 0.29) is 6.04 Å². The first-order valence-electron chi connectivity index (χ1n) is 5.88. The van der Waals surface area contributed by atoms with Gasteiger partial charge < -0.3 is 10.1 Å². The lowest BCUT2D eigenvalue weighted by Crippen LogP contribution is -2.36. The number of aromatic nitrogens is 2. The Balaban J connectivity index is 1.96. The summed E-state index contributed by atoms with van der Waals surface area (Å²) in [7, 11) is 0. The van der Waals surface area contributed by atoms with E-state index in [1.54, 1.807) is 12.4 Å². The fourth-order valence-electron chi connectivity index (χ4n) is 2.14. The van der Waals surface area contributed by atoms with Crippen LogP contribution in [0.1, 0.15) is 37.2 Å². The first-order chi connectivity index (χ1) is 7.77. The maximum atomic E-state index is 5.34. The summed E-state index contributed by atoms with van der Waals surface area (Å²) in [6.45, 7) is 5.88. The molecule has 0 saturated carbocycles. The van der Waals surface area contributed by atoms with Crippen molar-refractivity contribution in [2.45, 2.75) is 38.8 Å². The van der Waals surface area contributed by atoms with Gasteiger partial charge in [0, 0.05) is 37.7 Å². The molecule has 1 fully saturated rings. The van der Waals surface area contributed by atoms with Crippen molar-refractivity contribution in [2.24, 2.45) is 0 Å². The normalized spacial score (nSPS) is 19.6. The largest absolute Gasteiger partial charge is 0.381 e. The van der Waals surface area contributed by atoms with E-state index >= 15 is 0 Å². The van der Waals surface area contributed by atoms with Gasteiger partial charge >= 0.3 is 0 Å². The maximum Gasteiger partial charge on any atom is 0.0782 e. The van der Waals surface area contributed by atoms with Gasteiger partial charge in [-0.25, -0.2) is 0 Å². The van der Waals surface area contributed by atoms with E-state index in [1.165, 1.54) is 0 Å². The number of aryl methyl sites for hydroxylation is 1. The summed E-state index contributed by atoms with van der Waals surface area (Å²) in [5, 5.41) is 3.59. The molecule has 1 atom stereocenters. The Hall–Kier alpha value is -1.00. The highest BCUT2D eigenvalue weighted by molar-refractivity contribution is 5.12. The molecule has 16 heavy (non-hydrogen) atoms. The predicted molar refractivity (Wildman–Crippen MR) is 62.2 cm³/mol. The van der Waals surface area contributed by atoms with E-state index in [2.05, 4.69) is 22.2 Å². The van der Waals surface area contributed by atoms with Gasteiger partial charge in [0.2, 0.25) is 0 Å². The topological polar surface area (TPSA) is 47.0 Å². The molecule has 0 aliphatic carbocycles. The van der Waals surface area contributed by atoms with Crippen LogP contribution in [0, 0.1) is 6.92 Å². The lowest BCUT2D eigenvalue weighted by atomic mass is 10.1. The molecule has 1 aliphatic heterocycles. The molecule has 1 N–H and O–H groups in total. The summed E-state index contributed by atoms with van der Waals surface area (Å²) in [6, 6.07) is 0.807. The fraction of sp³-hybridized carbons (Fsp3) is 0.667. The van der Waals surface area contributed by atoms with Crippen molar-refractivity contribution >= 4 is 0 Å². The Labute approximate surface area is 96.4 Å². The van der Waals surface area contributed by atoms with E-state index in [4.69, 9.17) is 4.74 Å². The van der Waals surface area contributed by atoms with Crippen LogP contribution >= 0.6 is 0 Å². The molecule has 0 radical (unpaired) electrons. The average molecular weight is 221 g/mol. The first kappa shape index (κ1) is 11.5. The van der Waals surface area contributed by atoms with E-state index in [0.29, 0.717) is 6.04 Å². The van der Waals surface area contributed by atoms with Crippen LogP contribution in [-0.2, 0) is 4.74 Å². The van der Waals surface area contributed by atoms with Crippen LogP contribution in [0.4, 0.5) is 0 Å². The zero-order chi connectivity index (χ0) is 11.4. The van der Waals surface area contributed by atoms with Gasteiger partial charge in [-0.2, -0.15) is 0 Å². The zero-order valence-corrected chi connectivity index (χ0v) is 9.94. The second-order valence-corrected chi connectivity index (χ2v) is 4.30. The van der Waals surface area contributed by atoms with Crippen LogP contribution in [0.3, 0.4) is 0 Å². The quantitative estimate of drug-likeness (QED) is 0.842. The third kappa shape index (κ3) is 2.77. The Kier molecular flexibility index (Phi) is 3.85. The van der Waals surface area contributed by atoms with E-state index in [1.807, 2.05) is 6.92 Å². The molecule has 0 aromatic carbocycles. The van der Waals surface area contributed by atoms with Gasteiger partial charge in [-0.1, -0.05) is 0 Å². The highest BCUT2D eigenvalue weighted by Crippen LogP contribution is 2.16. The number of rotatable bonds is 3. The third-order valence-electron chi connectivity index (χ3n) is 3.04. The van der Waals surface area contributed by atoms with E-state index in [0.717, 1.165) is 37.4 Å². The molecule has 1 saturated heterocycles. The van der Waals surface area contributed by atoms with Crippen molar-refractivity contribution in [3.05, 3.63) is 23.8 Å². The molecule has 0 bridgehead atoms. The number of hydrogen-bond acceptors (Lipinski definition) is 4. The van der Waals surface area contributed by atoms with Crippen LogP contribution in [0.25, 0.3) is 0 Å². The monoisotopic (exact) mass is 221 g/mol.